The minimum atomic E-state index is -0.612. The molecule has 1 unspecified atom stereocenters. The van der Waals surface area contributed by atoms with Gasteiger partial charge in [-0.25, -0.2) is 4.39 Å². The van der Waals surface area contributed by atoms with Crippen molar-refractivity contribution < 1.29 is 4.39 Å². The summed E-state index contributed by atoms with van der Waals surface area (Å²) in [5, 5.41) is 12.7. The first-order valence-corrected chi connectivity index (χ1v) is 5.74. The van der Waals surface area contributed by atoms with Gasteiger partial charge < -0.3 is 5.32 Å². The van der Waals surface area contributed by atoms with E-state index < -0.39 is 6.04 Å². The van der Waals surface area contributed by atoms with Crippen LogP contribution in [0.5, 0.6) is 0 Å². The second-order valence-corrected chi connectivity index (χ2v) is 4.21. The fraction of sp³-hybridized carbons (Fsp3) is 0.0714. The maximum absolute atomic E-state index is 13.1. The van der Waals surface area contributed by atoms with Gasteiger partial charge in [0.25, 0.3) is 0 Å². The van der Waals surface area contributed by atoms with E-state index in [-0.39, 0.29) is 5.82 Å². The summed E-state index contributed by atoms with van der Waals surface area (Å²) >= 11 is 5.86. The minimum absolute atomic E-state index is 0.361. The Labute approximate surface area is 110 Å². The van der Waals surface area contributed by atoms with Gasteiger partial charge in [0.15, 0.2) is 0 Å². The highest BCUT2D eigenvalue weighted by Crippen LogP contribution is 2.22. The highest BCUT2D eigenvalue weighted by Gasteiger charge is 2.10. The molecule has 2 aromatic carbocycles. The average molecular weight is 261 g/mol. The predicted molar refractivity (Wildman–Crippen MR) is 69.8 cm³/mol. The van der Waals surface area contributed by atoms with Gasteiger partial charge in [0.2, 0.25) is 0 Å². The first kappa shape index (κ1) is 12.4. The number of nitrogens with one attached hydrogen (secondary N) is 1. The van der Waals surface area contributed by atoms with E-state index in [0.717, 1.165) is 5.69 Å². The number of rotatable bonds is 3. The summed E-state index contributed by atoms with van der Waals surface area (Å²) in [6.07, 6.45) is 0. The number of hydrogen-bond acceptors (Lipinski definition) is 2. The van der Waals surface area contributed by atoms with Crippen LogP contribution >= 0.6 is 11.6 Å². The van der Waals surface area contributed by atoms with Gasteiger partial charge in [0.05, 0.1) is 6.07 Å². The second kappa shape index (κ2) is 5.52. The number of nitrogens with zero attached hydrogens (tertiary/aromatic N) is 1. The Kier molecular flexibility index (Phi) is 3.81. The van der Waals surface area contributed by atoms with Crippen LogP contribution in [0.1, 0.15) is 11.6 Å². The molecule has 0 heterocycles. The van der Waals surface area contributed by atoms with E-state index in [1.807, 2.05) is 0 Å². The molecule has 0 bridgehead atoms. The Hall–Kier alpha value is -2.05. The lowest BCUT2D eigenvalue weighted by atomic mass is 10.1. The average Bonchev–Trinajstić information content (AvgIpc) is 2.36. The summed E-state index contributed by atoms with van der Waals surface area (Å²) in [7, 11) is 0. The zero-order valence-corrected chi connectivity index (χ0v) is 10.2. The van der Waals surface area contributed by atoms with Crippen molar-refractivity contribution in [3.05, 3.63) is 64.9 Å². The van der Waals surface area contributed by atoms with Gasteiger partial charge in [0, 0.05) is 10.7 Å². The monoisotopic (exact) mass is 260 g/mol. The quantitative estimate of drug-likeness (QED) is 0.900. The maximum Gasteiger partial charge on any atom is 0.140 e. The van der Waals surface area contributed by atoms with E-state index in [1.54, 1.807) is 36.4 Å². The van der Waals surface area contributed by atoms with Gasteiger partial charge in [-0.2, -0.15) is 5.26 Å². The summed E-state index contributed by atoms with van der Waals surface area (Å²) in [5.74, 6) is -0.361. The first-order valence-electron chi connectivity index (χ1n) is 5.36. The predicted octanol–water partition coefficient (Wildman–Crippen LogP) is 4.16. The summed E-state index contributed by atoms with van der Waals surface area (Å²) < 4.78 is 13.1. The van der Waals surface area contributed by atoms with Crippen molar-refractivity contribution in [1.29, 1.82) is 5.26 Å². The van der Waals surface area contributed by atoms with Crippen LogP contribution in [0.3, 0.4) is 0 Å². The van der Waals surface area contributed by atoms with Crippen LogP contribution in [0.2, 0.25) is 5.02 Å². The van der Waals surface area contributed by atoms with Crippen LogP contribution < -0.4 is 5.32 Å². The third-order valence-corrected chi connectivity index (χ3v) is 2.68. The fourth-order valence-corrected chi connectivity index (χ4v) is 1.81. The summed E-state index contributed by atoms with van der Waals surface area (Å²) in [4.78, 5) is 0. The summed E-state index contributed by atoms with van der Waals surface area (Å²) in [5.41, 5.74) is 1.30. The van der Waals surface area contributed by atoms with Gasteiger partial charge >= 0.3 is 0 Å². The summed E-state index contributed by atoms with van der Waals surface area (Å²) in [6.45, 7) is 0. The Morgan fingerprint density at radius 2 is 1.94 bits per heavy atom. The van der Waals surface area contributed by atoms with Crippen LogP contribution in [-0.4, -0.2) is 0 Å². The smallest absolute Gasteiger partial charge is 0.140 e. The topological polar surface area (TPSA) is 35.8 Å². The number of nitriles is 1. The maximum atomic E-state index is 13.1. The van der Waals surface area contributed by atoms with Gasteiger partial charge in [0.1, 0.15) is 11.9 Å². The van der Waals surface area contributed by atoms with E-state index >= 15 is 0 Å². The van der Waals surface area contributed by atoms with Crippen LogP contribution in [-0.2, 0) is 0 Å². The van der Waals surface area contributed by atoms with Crippen molar-refractivity contribution in [2.75, 3.05) is 5.32 Å². The second-order valence-electron chi connectivity index (χ2n) is 3.77. The third kappa shape index (κ3) is 2.99. The molecule has 0 saturated carbocycles. The summed E-state index contributed by atoms with van der Waals surface area (Å²) in [6, 6.07) is 14.5. The molecule has 0 fully saturated rings. The molecule has 2 rings (SSSR count). The molecule has 0 aliphatic heterocycles. The molecule has 1 N–H and O–H groups in total. The first-order chi connectivity index (χ1) is 8.69. The molecule has 0 saturated heterocycles. The van der Waals surface area contributed by atoms with Crippen molar-refractivity contribution >= 4 is 17.3 Å². The van der Waals surface area contributed by atoms with E-state index in [2.05, 4.69) is 11.4 Å². The van der Waals surface area contributed by atoms with Crippen molar-refractivity contribution in [2.45, 2.75) is 6.04 Å². The number of anilines is 1. The lowest BCUT2D eigenvalue weighted by molar-refractivity contribution is 0.625. The van der Waals surface area contributed by atoms with Crippen LogP contribution in [0.4, 0.5) is 10.1 Å². The lowest BCUT2D eigenvalue weighted by Gasteiger charge is -2.13. The van der Waals surface area contributed by atoms with Gasteiger partial charge in [-0.15, -0.1) is 0 Å². The molecule has 4 heteroatoms. The Morgan fingerprint density at radius 1 is 1.17 bits per heavy atom. The van der Waals surface area contributed by atoms with Crippen molar-refractivity contribution in [1.82, 2.24) is 0 Å². The van der Waals surface area contributed by atoms with Crippen molar-refractivity contribution in [2.24, 2.45) is 0 Å². The molecule has 1 atom stereocenters. The van der Waals surface area contributed by atoms with Gasteiger partial charge in [-0.1, -0.05) is 29.8 Å². The number of hydrogen-bond donors (Lipinski definition) is 1. The Bertz CT molecular complexity index is 592. The fourth-order valence-electron chi connectivity index (χ4n) is 1.62. The highest BCUT2D eigenvalue weighted by atomic mass is 35.5. The molecular weight excluding hydrogens is 251 g/mol. The molecule has 0 spiro atoms. The normalized spacial score (nSPS) is 11.6. The van der Waals surface area contributed by atoms with Gasteiger partial charge in [-0.3, -0.25) is 0 Å². The molecule has 0 aromatic heterocycles. The Morgan fingerprint density at radius 3 is 2.61 bits per heavy atom. The van der Waals surface area contributed by atoms with Crippen LogP contribution in [0.25, 0.3) is 0 Å². The minimum Gasteiger partial charge on any atom is -0.366 e. The van der Waals surface area contributed by atoms with E-state index in [0.29, 0.717) is 10.6 Å². The standard InChI is InChI=1S/C14H10ClFN2/c15-11-4-2-6-13(8-11)18-14(9-17)10-3-1-5-12(16)7-10/h1-8,14,18H. The van der Waals surface area contributed by atoms with Crippen molar-refractivity contribution in [3.8, 4) is 6.07 Å². The number of halogens is 2. The molecule has 18 heavy (non-hydrogen) atoms. The van der Waals surface area contributed by atoms with E-state index in [9.17, 15) is 4.39 Å². The molecule has 2 aromatic rings. The lowest BCUT2D eigenvalue weighted by Crippen LogP contribution is -2.08. The highest BCUT2D eigenvalue weighted by molar-refractivity contribution is 6.30. The zero-order valence-electron chi connectivity index (χ0n) is 9.40. The van der Waals surface area contributed by atoms with E-state index in [4.69, 9.17) is 16.9 Å². The molecule has 0 radical (unpaired) electrons. The molecule has 0 aliphatic carbocycles. The van der Waals surface area contributed by atoms with Crippen LogP contribution in [0.15, 0.2) is 48.5 Å². The third-order valence-electron chi connectivity index (χ3n) is 2.45. The molecule has 0 aliphatic rings. The molecule has 2 nitrogen and oxygen atoms in total. The largest absolute Gasteiger partial charge is 0.366 e. The Balaban J connectivity index is 2.23. The van der Waals surface area contributed by atoms with Crippen LogP contribution in [0, 0.1) is 17.1 Å². The SMILES string of the molecule is N#CC(Nc1cccc(Cl)c1)c1cccc(F)c1. The van der Waals surface area contributed by atoms with Crippen molar-refractivity contribution in [3.63, 3.8) is 0 Å². The molecule has 90 valence electrons. The number of benzene rings is 2. The van der Waals surface area contributed by atoms with E-state index in [1.165, 1.54) is 12.1 Å². The zero-order chi connectivity index (χ0) is 13.0. The van der Waals surface area contributed by atoms with Gasteiger partial charge in [-0.05, 0) is 35.9 Å². The molecular formula is C14H10ClFN2. The molecule has 0 amide bonds.